The Hall–Kier alpha value is -0.360. The number of amides is 1. The Labute approximate surface area is 86.4 Å². The number of hydrogen-bond donors (Lipinski definition) is 2. The molecule has 66 valence electrons. The van der Waals surface area contributed by atoms with Gasteiger partial charge in [0.05, 0.1) is 15.5 Å². The fourth-order valence-corrected chi connectivity index (χ4v) is 0.986. The Balaban J connectivity index is 2.64. The van der Waals surface area contributed by atoms with Crippen molar-refractivity contribution < 1.29 is 4.79 Å². The van der Waals surface area contributed by atoms with Crippen molar-refractivity contribution in [2.45, 2.75) is 11.8 Å². The fraction of sp³-hybridized carbons (Fsp3) is 0.333. The Kier molecular flexibility index (Phi) is 3.28. The van der Waals surface area contributed by atoms with Crippen LogP contribution in [0.5, 0.6) is 0 Å². The van der Waals surface area contributed by atoms with E-state index < -0.39 is 0 Å². The number of carbonyl (C=O) groups is 1. The van der Waals surface area contributed by atoms with Gasteiger partial charge in [-0.3, -0.25) is 9.89 Å². The number of aromatic amines is 1. The monoisotopic (exact) mass is 295 g/mol. The van der Waals surface area contributed by atoms with E-state index in [1.54, 1.807) is 13.1 Å². The van der Waals surface area contributed by atoms with E-state index >= 15 is 0 Å². The summed E-state index contributed by atoms with van der Waals surface area (Å²) < 4.78 is 0.740. The minimum Gasteiger partial charge on any atom is -0.309 e. The molecular weight excluding hydrogens is 290 g/mol. The first kappa shape index (κ1) is 9.73. The number of anilines is 1. The molecule has 2 N–H and O–H groups in total. The first-order chi connectivity index (χ1) is 5.61. The number of rotatable bonds is 2. The molecule has 0 aliphatic rings. The van der Waals surface area contributed by atoms with Gasteiger partial charge in [0.15, 0.2) is 0 Å². The highest BCUT2D eigenvalue weighted by Gasteiger charge is 2.11. The SMILES string of the molecule is CC(Br)C(=O)Nc1[nH]ncc1Br. The molecule has 1 heterocycles. The van der Waals surface area contributed by atoms with E-state index in [0.29, 0.717) is 5.82 Å². The summed E-state index contributed by atoms with van der Waals surface area (Å²) in [6.07, 6.45) is 1.58. The molecule has 1 atom stereocenters. The van der Waals surface area contributed by atoms with Gasteiger partial charge in [-0.25, -0.2) is 0 Å². The van der Waals surface area contributed by atoms with Gasteiger partial charge in [-0.2, -0.15) is 5.10 Å². The van der Waals surface area contributed by atoms with Crippen LogP contribution in [0.2, 0.25) is 0 Å². The zero-order valence-corrected chi connectivity index (χ0v) is 9.44. The summed E-state index contributed by atoms with van der Waals surface area (Å²) in [5.74, 6) is 0.464. The van der Waals surface area contributed by atoms with E-state index in [1.165, 1.54) is 0 Å². The highest BCUT2D eigenvalue weighted by molar-refractivity contribution is 9.10. The maximum absolute atomic E-state index is 11.1. The third-order valence-corrected chi connectivity index (χ3v) is 2.22. The fourth-order valence-electron chi connectivity index (χ4n) is 0.582. The van der Waals surface area contributed by atoms with Gasteiger partial charge >= 0.3 is 0 Å². The maximum atomic E-state index is 11.1. The van der Waals surface area contributed by atoms with Crippen LogP contribution in [0.3, 0.4) is 0 Å². The summed E-state index contributed by atoms with van der Waals surface area (Å²) >= 11 is 6.37. The van der Waals surface area contributed by atoms with Crippen LogP contribution >= 0.6 is 31.9 Å². The number of alkyl halides is 1. The molecule has 1 amide bonds. The summed E-state index contributed by atoms with van der Waals surface area (Å²) in [5, 5.41) is 9.01. The summed E-state index contributed by atoms with van der Waals surface area (Å²) in [6, 6.07) is 0. The zero-order valence-electron chi connectivity index (χ0n) is 6.27. The molecule has 6 heteroatoms. The van der Waals surface area contributed by atoms with Crippen LogP contribution in [0.1, 0.15) is 6.92 Å². The molecule has 0 bridgehead atoms. The lowest BCUT2D eigenvalue weighted by molar-refractivity contribution is -0.115. The predicted octanol–water partition coefficient (Wildman–Crippen LogP) is 1.89. The lowest BCUT2D eigenvalue weighted by Gasteiger charge is -2.03. The molecule has 1 aromatic rings. The molecule has 0 aliphatic carbocycles. The number of carbonyl (C=O) groups excluding carboxylic acids is 1. The molecule has 12 heavy (non-hydrogen) atoms. The second-order valence-electron chi connectivity index (χ2n) is 2.20. The normalized spacial score (nSPS) is 12.6. The smallest absolute Gasteiger partial charge is 0.239 e. The Morgan fingerprint density at radius 2 is 2.50 bits per heavy atom. The van der Waals surface area contributed by atoms with Crippen molar-refractivity contribution in [1.29, 1.82) is 0 Å². The topological polar surface area (TPSA) is 57.8 Å². The third-order valence-electron chi connectivity index (χ3n) is 1.20. The molecule has 0 radical (unpaired) electrons. The van der Waals surface area contributed by atoms with Gasteiger partial charge in [0.1, 0.15) is 5.82 Å². The van der Waals surface area contributed by atoms with E-state index in [-0.39, 0.29) is 10.7 Å². The van der Waals surface area contributed by atoms with Gasteiger partial charge < -0.3 is 5.32 Å². The average Bonchev–Trinajstić information content (AvgIpc) is 2.36. The van der Waals surface area contributed by atoms with E-state index in [0.717, 1.165) is 4.47 Å². The lowest BCUT2D eigenvalue weighted by atomic mass is 10.4. The van der Waals surface area contributed by atoms with Crippen molar-refractivity contribution in [1.82, 2.24) is 10.2 Å². The molecule has 1 aromatic heterocycles. The molecule has 0 aliphatic heterocycles. The largest absolute Gasteiger partial charge is 0.309 e. The third kappa shape index (κ3) is 2.31. The van der Waals surface area contributed by atoms with Crippen LogP contribution in [0, 0.1) is 0 Å². The number of hydrogen-bond acceptors (Lipinski definition) is 2. The number of nitrogens with one attached hydrogen (secondary N) is 2. The maximum Gasteiger partial charge on any atom is 0.239 e. The van der Waals surface area contributed by atoms with E-state index in [2.05, 4.69) is 47.4 Å². The quantitative estimate of drug-likeness (QED) is 0.819. The highest BCUT2D eigenvalue weighted by Crippen LogP contribution is 2.18. The number of aromatic nitrogens is 2. The van der Waals surface area contributed by atoms with E-state index in [4.69, 9.17) is 0 Å². The average molecular weight is 297 g/mol. The Morgan fingerprint density at radius 1 is 1.83 bits per heavy atom. The van der Waals surface area contributed by atoms with Gasteiger partial charge in [-0.15, -0.1) is 0 Å². The molecule has 0 saturated carbocycles. The lowest BCUT2D eigenvalue weighted by Crippen LogP contribution is -2.20. The Bertz CT molecular complexity index is 284. The number of nitrogens with zero attached hydrogens (tertiary/aromatic N) is 1. The van der Waals surface area contributed by atoms with Crippen molar-refractivity contribution in [3.05, 3.63) is 10.7 Å². The molecule has 0 aromatic carbocycles. The van der Waals surface area contributed by atoms with Crippen LogP contribution in [0.4, 0.5) is 5.82 Å². The molecule has 0 spiro atoms. The Morgan fingerprint density at radius 3 is 2.92 bits per heavy atom. The zero-order chi connectivity index (χ0) is 9.14. The second kappa shape index (κ2) is 4.04. The predicted molar refractivity (Wildman–Crippen MR) is 53.3 cm³/mol. The first-order valence-electron chi connectivity index (χ1n) is 3.25. The van der Waals surface area contributed by atoms with E-state index in [1.807, 2.05) is 0 Å². The van der Waals surface area contributed by atoms with Crippen molar-refractivity contribution in [3.63, 3.8) is 0 Å². The van der Waals surface area contributed by atoms with Crippen LogP contribution in [-0.4, -0.2) is 20.9 Å². The second-order valence-corrected chi connectivity index (χ2v) is 4.43. The number of halogens is 2. The van der Waals surface area contributed by atoms with Gasteiger partial charge in [-0.05, 0) is 22.9 Å². The molecule has 0 fully saturated rings. The molecule has 1 rings (SSSR count). The summed E-state index contributed by atoms with van der Waals surface area (Å²) in [6.45, 7) is 1.75. The molecular formula is C6H7Br2N3O. The van der Waals surface area contributed by atoms with Gasteiger partial charge in [0.25, 0.3) is 0 Å². The summed E-state index contributed by atoms with van der Waals surface area (Å²) in [5.41, 5.74) is 0. The minimum atomic E-state index is -0.215. The van der Waals surface area contributed by atoms with Gasteiger partial charge in [0.2, 0.25) is 5.91 Å². The number of H-pyrrole nitrogens is 1. The van der Waals surface area contributed by atoms with Crippen LogP contribution in [-0.2, 0) is 4.79 Å². The highest BCUT2D eigenvalue weighted by atomic mass is 79.9. The van der Waals surface area contributed by atoms with Crippen LogP contribution in [0.25, 0.3) is 0 Å². The molecule has 4 nitrogen and oxygen atoms in total. The first-order valence-corrected chi connectivity index (χ1v) is 4.96. The molecule has 1 unspecified atom stereocenters. The summed E-state index contributed by atoms with van der Waals surface area (Å²) in [7, 11) is 0. The van der Waals surface area contributed by atoms with Gasteiger partial charge in [0, 0.05) is 0 Å². The van der Waals surface area contributed by atoms with E-state index in [9.17, 15) is 4.79 Å². The summed E-state index contributed by atoms with van der Waals surface area (Å²) in [4.78, 5) is 10.9. The standard InChI is InChI=1S/C6H7Br2N3O/c1-3(7)6(12)10-5-4(8)2-9-11-5/h2-3H,1H3,(H2,9,10,11,12). The minimum absolute atomic E-state index is 0.111. The van der Waals surface area contributed by atoms with Crippen molar-refractivity contribution in [2.75, 3.05) is 5.32 Å². The molecule has 0 saturated heterocycles. The van der Waals surface area contributed by atoms with Crippen molar-refractivity contribution in [2.24, 2.45) is 0 Å². The van der Waals surface area contributed by atoms with Gasteiger partial charge in [-0.1, -0.05) is 15.9 Å². The van der Waals surface area contributed by atoms with Crippen molar-refractivity contribution >= 4 is 43.6 Å². The van der Waals surface area contributed by atoms with Crippen LogP contribution < -0.4 is 5.32 Å². The van der Waals surface area contributed by atoms with Crippen LogP contribution in [0.15, 0.2) is 10.7 Å². The van der Waals surface area contributed by atoms with Crippen molar-refractivity contribution in [3.8, 4) is 0 Å².